The largest absolute Gasteiger partial charge is 0.586 e. The summed E-state index contributed by atoms with van der Waals surface area (Å²) in [6, 6.07) is 51.9. The minimum absolute atomic E-state index is 0. The molecule has 506 valence electrons. The fraction of sp³-hybridized carbons (Fsp3) is 0.104. The van der Waals surface area contributed by atoms with Crippen LogP contribution < -0.4 is 19.9 Å². The molecule has 16 rings (SSSR count). The molecule has 0 spiro atoms. The second kappa shape index (κ2) is 37.6. The number of hydrogen-bond donors (Lipinski definition) is 0. The standard InChI is InChI=1S/C13H10N2O2.C12H16N3.C11H9N4.C11H7N4.C10H6N3O.C10H6N3S.6Pt/c16-12(10-6-2-1-3-7-10)15-13(17)11-8-4-5-9-14-11;1-11(2)12(3,4)15-10(14-11)9-7-5-6-8-13-9;1-15-7-6-12-11(15)10-13-8-4-2-3-5-9(8)14-10;1-2-6-12-8(4-1)11-14-9-5-3-7-13-10(9)15-11;2*1-2-4-8-7(3-1)12-9(13-8)10-11-5-6-14-10;;;;;;/h1-9H,(H,15,16,17);5-8H,1-4H3;2-7H,1H3;1-7H;2*1-6H;;;;;;/q;5*-1;;;;;;/p-1. The number of carbonyl (C=O) groups is 2. The maximum absolute atomic E-state index is 11.6. The van der Waals surface area contributed by atoms with Gasteiger partial charge >= 0.3 is 0 Å². The Bertz CT molecular complexity index is 4540. The van der Waals surface area contributed by atoms with Crippen LogP contribution in [0.4, 0.5) is 0 Å². The topological polar surface area (TPSA) is 291 Å². The first-order chi connectivity index (χ1) is 43.8. The van der Waals surface area contributed by atoms with E-state index in [-0.39, 0.29) is 143 Å². The first kappa shape index (κ1) is 78.8. The first-order valence-corrected chi connectivity index (χ1v) is 28.9. The number of para-hydroxylation sites is 6. The van der Waals surface area contributed by atoms with E-state index in [1.165, 1.54) is 18.5 Å². The van der Waals surface area contributed by atoms with Crippen LogP contribution in [0.3, 0.4) is 0 Å². The Kier molecular flexibility index (Phi) is 30.9. The third-order valence-electron chi connectivity index (χ3n) is 13.6. The smallest absolute Gasteiger partial charge is 0.217 e. The van der Waals surface area contributed by atoms with E-state index in [2.05, 4.69) is 118 Å². The van der Waals surface area contributed by atoms with Crippen molar-refractivity contribution in [3.63, 3.8) is 0 Å². The van der Waals surface area contributed by atoms with Crippen molar-refractivity contribution >= 4 is 73.3 Å². The molecule has 2 amide bonds. The van der Waals surface area contributed by atoms with Crippen LogP contribution in [0.5, 0.6) is 0 Å². The number of aliphatic imine (C=N–C) groups is 1. The molecule has 0 saturated heterocycles. The molecule has 0 saturated carbocycles. The molecule has 4 aromatic carbocycles. The van der Waals surface area contributed by atoms with Crippen LogP contribution in [0.1, 0.15) is 54.2 Å². The zero-order valence-electron chi connectivity index (χ0n) is 51.0. The van der Waals surface area contributed by atoms with Crippen molar-refractivity contribution in [3.8, 4) is 45.7 Å². The number of imide groups is 1. The molecule has 0 atom stereocenters. The Labute approximate surface area is 641 Å². The van der Waals surface area contributed by atoms with Gasteiger partial charge in [-0.15, -0.1) is 11.3 Å². The maximum Gasteiger partial charge on any atom is 0.217 e. The molecule has 0 unspecified atom stereocenters. The third-order valence-corrected chi connectivity index (χ3v) is 14.4. The molecule has 96 heavy (non-hydrogen) atoms. The zero-order chi connectivity index (χ0) is 62.3. The minimum Gasteiger partial charge on any atom is -0.586 e. The van der Waals surface area contributed by atoms with E-state index in [4.69, 9.17) is 4.42 Å². The average molecular weight is 2370 g/mol. The summed E-state index contributed by atoms with van der Waals surface area (Å²) in [5.41, 5.74) is 8.75. The van der Waals surface area contributed by atoms with Crippen LogP contribution >= 0.6 is 11.3 Å². The molecule has 22 nitrogen and oxygen atoms in total. The predicted octanol–water partition coefficient (Wildman–Crippen LogP) is 12.6. The van der Waals surface area contributed by atoms with Gasteiger partial charge in [0.25, 0.3) is 0 Å². The molecule has 11 aromatic heterocycles. The Morgan fingerprint density at radius 2 is 1.00 bits per heavy atom. The fourth-order valence-electron chi connectivity index (χ4n) is 8.39. The molecular formula is C67H53N19O3Pt6S-6. The van der Waals surface area contributed by atoms with Gasteiger partial charge in [-0.2, -0.15) is 0 Å². The van der Waals surface area contributed by atoms with E-state index < -0.39 is 11.8 Å². The summed E-state index contributed by atoms with van der Waals surface area (Å²) < 4.78 is 7.02. The maximum atomic E-state index is 11.6. The van der Waals surface area contributed by atoms with Crippen molar-refractivity contribution in [1.29, 1.82) is 0 Å². The molecule has 0 bridgehead atoms. The number of aromatic nitrogens is 16. The quantitative estimate of drug-likeness (QED) is 0.134. The van der Waals surface area contributed by atoms with Gasteiger partial charge in [-0.1, -0.05) is 161 Å². The van der Waals surface area contributed by atoms with Crippen molar-refractivity contribution in [2.45, 2.75) is 38.8 Å². The van der Waals surface area contributed by atoms with Gasteiger partial charge in [-0.3, -0.25) is 15.0 Å². The number of amides is 2. The molecule has 29 heteroatoms. The van der Waals surface area contributed by atoms with Crippen molar-refractivity contribution in [1.82, 2.24) is 79.3 Å². The number of amidine groups is 1. The molecule has 1 aliphatic heterocycles. The molecule has 1 aliphatic rings. The molecule has 0 fully saturated rings. The Hall–Kier alpha value is -7.85. The molecule has 12 heterocycles. The summed E-state index contributed by atoms with van der Waals surface area (Å²) in [6.45, 7) is 8.41. The van der Waals surface area contributed by atoms with Crippen molar-refractivity contribution in [3.05, 3.63) is 259 Å². The minimum atomic E-state index is -0.626. The van der Waals surface area contributed by atoms with Crippen molar-refractivity contribution < 1.29 is 140 Å². The van der Waals surface area contributed by atoms with Gasteiger partial charge in [0.1, 0.15) is 23.0 Å². The van der Waals surface area contributed by atoms with Gasteiger partial charge in [0.2, 0.25) is 5.89 Å². The molecule has 0 N–H and O–H groups in total. The van der Waals surface area contributed by atoms with Crippen LogP contribution in [-0.4, -0.2) is 88.1 Å². The Morgan fingerprint density at radius 3 is 1.52 bits per heavy atom. The molecular weight excluding hydrogens is 2320 g/mol. The number of thiazole rings is 1. The normalized spacial score (nSPS) is 11.7. The van der Waals surface area contributed by atoms with Gasteiger partial charge in [0.15, 0.2) is 0 Å². The van der Waals surface area contributed by atoms with Crippen LogP contribution in [0.15, 0.2) is 240 Å². The zero-order valence-corrected chi connectivity index (χ0v) is 65.4. The van der Waals surface area contributed by atoms with Crippen LogP contribution in [0, 0.1) is 0 Å². The monoisotopic (exact) mass is 2370 g/mol. The number of pyridine rings is 4. The fourth-order valence-corrected chi connectivity index (χ4v) is 8.96. The van der Waals surface area contributed by atoms with Crippen LogP contribution in [-0.2, 0) is 133 Å². The summed E-state index contributed by atoms with van der Waals surface area (Å²) in [5, 5.41) is 10.9. The van der Waals surface area contributed by atoms with E-state index in [1.54, 1.807) is 91.0 Å². The summed E-state index contributed by atoms with van der Waals surface area (Å²) >= 11 is 1.56. The number of benzene rings is 4. The van der Waals surface area contributed by atoms with Gasteiger partial charge in [0, 0.05) is 199 Å². The summed E-state index contributed by atoms with van der Waals surface area (Å²) in [5.74, 6) is 3.42. The number of aryl methyl sites for hydroxylation is 1. The van der Waals surface area contributed by atoms with E-state index in [9.17, 15) is 9.59 Å². The second-order valence-corrected chi connectivity index (χ2v) is 21.3. The Balaban J connectivity index is 0.000000206. The number of rotatable bonds is 7. The number of nitrogens with zero attached hydrogens (tertiary/aromatic N) is 19. The number of carbonyl (C=O) groups excluding carboxylic acids is 2. The van der Waals surface area contributed by atoms with Gasteiger partial charge in [0.05, 0.1) is 29.2 Å². The molecule has 0 aliphatic carbocycles. The van der Waals surface area contributed by atoms with Gasteiger partial charge in [-0.25, -0.2) is 15.0 Å². The summed E-state index contributed by atoms with van der Waals surface area (Å²) in [7, 11) is 1.93. The van der Waals surface area contributed by atoms with Crippen molar-refractivity contribution in [2.75, 3.05) is 0 Å². The number of fused-ring (bicyclic) bond motifs is 4. The van der Waals surface area contributed by atoms with E-state index >= 15 is 0 Å². The van der Waals surface area contributed by atoms with Crippen LogP contribution in [0.25, 0.3) is 101 Å². The van der Waals surface area contributed by atoms with Crippen molar-refractivity contribution in [2.24, 2.45) is 12.0 Å². The second-order valence-electron chi connectivity index (χ2n) is 20.4. The van der Waals surface area contributed by atoms with Gasteiger partial charge in [-0.05, 0) is 110 Å². The van der Waals surface area contributed by atoms with Crippen LogP contribution in [0.2, 0.25) is 0 Å². The summed E-state index contributed by atoms with van der Waals surface area (Å²) in [6.07, 6.45) is 15.2. The summed E-state index contributed by atoms with van der Waals surface area (Å²) in [4.78, 5) is 91.5. The number of imidazole rings is 5. The van der Waals surface area contributed by atoms with E-state index in [1.807, 2.05) is 145 Å². The number of hydrogen-bond acceptors (Lipinski definition) is 16. The average Bonchev–Trinajstić information content (AvgIpc) is 1.64. The molecule has 0 radical (unpaired) electrons. The Morgan fingerprint density at radius 1 is 0.469 bits per heavy atom. The van der Waals surface area contributed by atoms with E-state index in [0.717, 1.165) is 72.5 Å². The number of oxazole rings is 1. The SMILES string of the molecule is CC1(C)N=C(c2ccccn2)[N-]C1(C)C.Cn1ccnc1-c1nc2ccccc2[n-]1.O=C([N-]C(=O)c1ccccn1)c1ccccc1.[Pt].[Pt].[Pt].[Pt].[Pt].[Pt].c1ccc(-c2nc3cccnc3[n-]2)nc1.c1ccc2[n-]c(-c3ncco3)nc2c1.c1ccc2[n-]c(-c3nccs3)nc2c1. The van der Waals surface area contributed by atoms with Gasteiger partial charge < -0.3 is 79.1 Å². The first-order valence-electron chi connectivity index (χ1n) is 28.0. The third kappa shape index (κ3) is 20.4. The van der Waals surface area contributed by atoms with E-state index in [0.29, 0.717) is 34.6 Å². The molecule has 15 aromatic rings. The predicted molar refractivity (Wildman–Crippen MR) is 345 cm³/mol.